The number of carboxylic acid groups (broad SMARTS) is 1. The summed E-state index contributed by atoms with van der Waals surface area (Å²) in [6, 6.07) is 7.02. The number of aliphatic hydroxyl groups excluding tert-OH is 2. The van der Waals surface area contributed by atoms with Crippen LogP contribution in [-0.4, -0.2) is 56.0 Å². The fraction of sp³-hybridized carbons (Fsp3) is 0.409. The van der Waals surface area contributed by atoms with Crippen LogP contribution < -0.4 is 5.32 Å². The SMILES string of the molecule is Cc1cc(CO)c(O)c(CNCCN(CC(=O)O)Cc2cc(C)cc(CO)c2O)c1. The number of aliphatic hydroxyl groups is 2. The molecule has 8 nitrogen and oxygen atoms in total. The molecule has 0 aliphatic carbocycles. The zero-order valence-electron chi connectivity index (χ0n) is 17.4. The first-order valence-corrected chi connectivity index (χ1v) is 9.74. The summed E-state index contributed by atoms with van der Waals surface area (Å²) in [5.41, 5.74) is 3.89. The molecule has 0 spiro atoms. The average Bonchev–Trinajstić information content (AvgIpc) is 2.69. The Labute approximate surface area is 176 Å². The van der Waals surface area contributed by atoms with Crippen molar-refractivity contribution in [2.45, 2.75) is 40.2 Å². The topological polar surface area (TPSA) is 133 Å². The Morgan fingerprint density at radius 2 is 1.40 bits per heavy atom. The minimum absolute atomic E-state index is 0.0207. The highest BCUT2D eigenvalue weighted by Gasteiger charge is 2.15. The standard InChI is InChI=1S/C22H30N2O6/c1-14-5-16(21(29)18(7-14)12-25)9-23-3-4-24(11-20(27)28)10-17-6-15(2)8-19(13-26)22(17)30/h5-8,23,25-26,29-30H,3-4,9-13H2,1-2H3,(H,27,28). The van der Waals surface area contributed by atoms with Crippen LogP contribution in [0.15, 0.2) is 24.3 Å². The van der Waals surface area contributed by atoms with Gasteiger partial charge in [-0.25, -0.2) is 0 Å². The van der Waals surface area contributed by atoms with Crippen LogP contribution in [-0.2, 0) is 31.1 Å². The molecular formula is C22H30N2O6. The number of aryl methyl sites for hydroxylation is 2. The second-order valence-corrected chi connectivity index (χ2v) is 7.46. The summed E-state index contributed by atoms with van der Waals surface area (Å²) in [4.78, 5) is 12.9. The molecule has 0 fully saturated rings. The van der Waals surface area contributed by atoms with E-state index >= 15 is 0 Å². The van der Waals surface area contributed by atoms with Gasteiger partial charge < -0.3 is 30.8 Å². The smallest absolute Gasteiger partial charge is 0.317 e. The molecule has 0 heterocycles. The van der Waals surface area contributed by atoms with Crippen molar-refractivity contribution < 1.29 is 30.3 Å². The predicted molar refractivity (Wildman–Crippen MR) is 112 cm³/mol. The third-order valence-corrected chi connectivity index (χ3v) is 4.84. The molecule has 0 bridgehead atoms. The van der Waals surface area contributed by atoms with E-state index in [-0.39, 0.29) is 37.8 Å². The summed E-state index contributed by atoms with van der Waals surface area (Å²) in [5.74, 6) is -0.944. The Kier molecular flexibility index (Phi) is 8.61. The van der Waals surface area contributed by atoms with Crippen LogP contribution in [0.3, 0.4) is 0 Å². The van der Waals surface area contributed by atoms with Crippen LogP contribution in [0.1, 0.15) is 33.4 Å². The summed E-state index contributed by atoms with van der Waals surface area (Å²) in [6.45, 7) is 4.42. The first-order valence-electron chi connectivity index (χ1n) is 9.74. The lowest BCUT2D eigenvalue weighted by Crippen LogP contribution is -2.35. The molecule has 2 aromatic carbocycles. The normalized spacial score (nSPS) is 11.2. The molecule has 0 aliphatic heterocycles. The number of hydrogen-bond donors (Lipinski definition) is 6. The molecule has 30 heavy (non-hydrogen) atoms. The summed E-state index contributed by atoms with van der Waals surface area (Å²) >= 11 is 0. The monoisotopic (exact) mass is 418 g/mol. The molecule has 0 atom stereocenters. The van der Waals surface area contributed by atoms with Crippen LogP contribution in [0.5, 0.6) is 11.5 Å². The third kappa shape index (κ3) is 6.43. The summed E-state index contributed by atoms with van der Waals surface area (Å²) in [7, 11) is 0. The van der Waals surface area contributed by atoms with Crippen LogP contribution in [0, 0.1) is 13.8 Å². The minimum atomic E-state index is -0.978. The van der Waals surface area contributed by atoms with Gasteiger partial charge in [0.25, 0.3) is 0 Å². The molecule has 2 rings (SSSR count). The average molecular weight is 418 g/mol. The highest BCUT2D eigenvalue weighted by atomic mass is 16.4. The molecule has 2 aromatic rings. The molecule has 6 N–H and O–H groups in total. The molecule has 0 radical (unpaired) electrons. The van der Waals surface area contributed by atoms with Crippen molar-refractivity contribution in [2.24, 2.45) is 0 Å². The second kappa shape index (κ2) is 10.9. The zero-order valence-corrected chi connectivity index (χ0v) is 17.4. The first kappa shape index (κ1) is 23.6. The van der Waals surface area contributed by atoms with Gasteiger partial charge in [0, 0.05) is 48.4 Å². The zero-order chi connectivity index (χ0) is 22.3. The molecule has 0 aliphatic rings. The van der Waals surface area contributed by atoms with E-state index in [1.165, 1.54) is 0 Å². The van der Waals surface area contributed by atoms with E-state index < -0.39 is 5.97 Å². The van der Waals surface area contributed by atoms with Crippen molar-refractivity contribution in [1.82, 2.24) is 10.2 Å². The molecule has 0 saturated heterocycles. The van der Waals surface area contributed by atoms with Crippen molar-refractivity contribution in [2.75, 3.05) is 19.6 Å². The van der Waals surface area contributed by atoms with Crippen LogP contribution in [0.25, 0.3) is 0 Å². The fourth-order valence-electron chi connectivity index (χ4n) is 3.47. The van der Waals surface area contributed by atoms with Crippen molar-refractivity contribution in [3.63, 3.8) is 0 Å². The number of aromatic hydroxyl groups is 2. The van der Waals surface area contributed by atoms with Crippen molar-refractivity contribution in [1.29, 1.82) is 0 Å². The molecule has 164 valence electrons. The quantitative estimate of drug-likeness (QED) is 0.302. The number of aliphatic carboxylic acids is 1. The van der Waals surface area contributed by atoms with Crippen LogP contribution in [0.2, 0.25) is 0 Å². The van der Waals surface area contributed by atoms with Crippen LogP contribution >= 0.6 is 0 Å². The molecule has 0 unspecified atom stereocenters. The van der Waals surface area contributed by atoms with E-state index in [0.717, 1.165) is 11.1 Å². The number of carboxylic acids is 1. The number of nitrogens with one attached hydrogen (secondary N) is 1. The lowest BCUT2D eigenvalue weighted by Gasteiger charge is -2.22. The highest BCUT2D eigenvalue weighted by molar-refractivity contribution is 5.69. The van der Waals surface area contributed by atoms with Gasteiger partial charge in [-0.2, -0.15) is 0 Å². The maximum absolute atomic E-state index is 11.3. The largest absolute Gasteiger partial charge is 0.507 e. The van der Waals surface area contributed by atoms with Gasteiger partial charge in [-0.15, -0.1) is 0 Å². The molecule has 0 amide bonds. The Morgan fingerprint density at radius 1 is 0.900 bits per heavy atom. The first-order chi connectivity index (χ1) is 14.2. The van der Waals surface area contributed by atoms with Gasteiger partial charge in [0.1, 0.15) is 11.5 Å². The Morgan fingerprint density at radius 3 is 1.93 bits per heavy atom. The summed E-state index contributed by atoms with van der Waals surface area (Å²) in [6.07, 6.45) is 0. The van der Waals surface area contributed by atoms with Crippen LogP contribution in [0.4, 0.5) is 0 Å². The maximum atomic E-state index is 11.3. The summed E-state index contributed by atoms with van der Waals surface area (Å²) in [5, 5.41) is 51.7. The van der Waals surface area contributed by atoms with E-state index in [4.69, 9.17) is 0 Å². The van der Waals surface area contributed by atoms with Gasteiger partial charge in [0.15, 0.2) is 0 Å². The number of phenols is 2. The Bertz CT molecular complexity index is 884. The molecule has 8 heteroatoms. The predicted octanol–water partition coefficient (Wildman–Crippen LogP) is 1.38. The van der Waals surface area contributed by atoms with E-state index in [1.54, 1.807) is 23.1 Å². The maximum Gasteiger partial charge on any atom is 0.317 e. The van der Waals surface area contributed by atoms with Gasteiger partial charge in [0.05, 0.1) is 19.8 Å². The van der Waals surface area contributed by atoms with Crippen molar-refractivity contribution >= 4 is 5.97 Å². The number of rotatable bonds is 11. The highest BCUT2D eigenvalue weighted by Crippen LogP contribution is 2.26. The van der Waals surface area contributed by atoms with Crippen molar-refractivity contribution in [3.05, 3.63) is 57.6 Å². The van der Waals surface area contributed by atoms with E-state index in [2.05, 4.69) is 5.32 Å². The molecule has 0 saturated carbocycles. The summed E-state index contributed by atoms with van der Waals surface area (Å²) < 4.78 is 0. The van der Waals surface area contributed by atoms with E-state index in [9.17, 15) is 30.3 Å². The van der Waals surface area contributed by atoms with Gasteiger partial charge in [-0.3, -0.25) is 9.69 Å². The lowest BCUT2D eigenvalue weighted by molar-refractivity contribution is -0.138. The molecular weight excluding hydrogens is 388 g/mol. The fourth-order valence-corrected chi connectivity index (χ4v) is 3.47. The number of benzene rings is 2. The van der Waals surface area contributed by atoms with Gasteiger partial charge >= 0.3 is 5.97 Å². The number of hydrogen-bond acceptors (Lipinski definition) is 7. The molecule has 0 aromatic heterocycles. The second-order valence-electron chi connectivity index (χ2n) is 7.46. The lowest BCUT2D eigenvalue weighted by atomic mass is 10.0. The van der Waals surface area contributed by atoms with Gasteiger partial charge in [-0.1, -0.05) is 35.4 Å². The number of carbonyl (C=O) groups is 1. The number of nitrogens with zero attached hydrogens (tertiary/aromatic N) is 1. The Balaban J connectivity index is 2.02. The van der Waals surface area contributed by atoms with Crippen molar-refractivity contribution in [3.8, 4) is 11.5 Å². The minimum Gasteiger partial charge on any atom is -0.507 e. The Hall–Kier alpha value is -2.65. The van der Waals surface area contributed by atoms with E-state index in [1.807, 2.05) is 19.9 Å². The van der Waals surface area contributed by atoms with E-state index in [0.29, 0.717) is 41.9 Å². The van der Waals surface area contributed by atoms with Gasteiger partial charge in [0.2, 0.25) is 0 Å². The third-order valence-electron chi connectivity index (χ3n) is 4.84. The van der Waals surface area contributed by atoms with Gasteiger partial charge in [-0.05, 0) is 13.8 Å².